The van der Waals surface area contributed by atoms with Crippen molar-refractivity contribution in [2.24, 2.45) is 0 Å². The summed E-state index contributed by atoms with van der Waals surface area (Å²) < 4.78 is 13.4. The number of nitrogens with one attached hydrogen (secondary N) is 2. The first-order chi connectivity index (χ1) is 10.1. The largest absolute Gasteiger partial charge is 0.381 e. The lowest BCUT2D eigenvalue weighted by atomic mass is 10.0. The van der Waals surface area contributed by atoms with Gasteiger partial charge in [0.2, 0.25) is 5.91 Å². The highest BCUT2D eigenvalue weighted by atomic mass is 35.5. The fourth-order valence-corrected chi connectivity index (χ4v) is 2.46. The first-order valence-electron chi connectivity index (χ1n) is 6.72. The maximum absolute atomic E-state index is 13.4. The Bertz CT molecular complexity index is 703. The predicted molar refractivity (Wildman–Crippen MR) is 82.1 cm³/mol. The first-order valence-corrected chi connectivity index (χ1v) is 7.10. The highest BCUT2D eigenvalue weighted by molar-refractivity contribution is 6.30. The number of aryl methyl sites for hydroxylation is 1. The quantitative estimate of drug-likeness (QED) is 0.900. The zero-order chi connectivity index (χ0) is 14.8. The monoisotopic (exact) mass is 304 g/mol. The van der Waals surface area contributed by atoms with Gasteiger partial charge in [0.05, 0.1) is 5.02 Å². The molecule has 3 rings (SSSR count). The Kier molecular flexibility index (Phi) is 3.80. The molecule has 2 aromatic rings. The molecule has 0 unspecified atom stereocenters. The van der Waals surface area contributed by atoms with Crippen molar-refractivity contribution >= 4 is 28.9 Å². The minimum absolute atomic E-state index is 0.0554. The van der Waals surface area contributed by atoms with Crippen LogP contribution in [0.4, 0.5) is 15.8 Å². The van der Waals surface area contributed by atoms with E-state index in [-0.39, 0.29) is 10.9 Å². The second-order valence-electron chi connectivity index (χ2n) is 5.02. The van der Waals surface area contributed by atoms with Crippen LogP contribution in [0.15, 0.2) is 36.4 Å². The number of anilines is 2. The second kappa shape index (κ2) is 5.74. The van der Waals surface area contributed by atoms with E-state index in [2.05, 4.69) is 10.6 Å². The molecule has 1 aliphatic rings. The number of hydrogen-bond donors (Lipinski definition) is 2. The number of amides is 1. The van der Waals surface area contributed by atoms with E-state index in [0.29, 0.717) is 13.0 Å². The molecule has 2 aromatic carbocycles. The average Bonchev–Trinajstić information content (AvgIpc) is 2.48. The van der Waals surface area contributed by atoms with Gasteiger partial charge in [-0.15, -0.1) is 0 Å². The summed E-state index contributed by atoms with van der Waals surface area (Å²) in [6.07, 6.45) is 1.26. The number of fused-ring (bicyclic) bond motifs is 1. The van der Waals surface area contributed by atoms with Gasteiger partial charge in [0.25, 0.3) is 0 Å². The summed E-state index contributed by atoms with van der Waals surface area (Å²) in [5.74, 6) is -0.357. The summed E-state index contributed by atoms with van der Waals surface area (Å²) in [5.41, 5.74) is 3.75. The molecular formula is C16H14ClFN2O. The lowest BCUT2D eigenvalue weighted by Crippen LogP contribution is -2.18. The summed E-state index contributed by atoms with van der Waals surface area (Å²) in [5, 5.41) is 6.22. The molecule has 1 heterocycles. The van der Waals surface area contributed by atoms with E-state index in [9.17, 15) is 9.18 Å². The van der Waals surface area contributed by atoms with Crippen LogP contribution in [0, 0.1) is 5.82 Å². The molecule has 0 radical (unpaired) electrons. The molecule has 108 valence electrons. The van der Waals surface area contributed by atoms with E-state index in [1.54, 1.807) is 12.1 Å². The van der Waals surface area contributed by atoms with E-state index >= 15 is 0 Å². The fourth-order valence-electron chi connectivity index (χ4n) is 2.35. The minimum atomic E-state index is -0.413. The summed E-state index contributed by atoms with van der Waals surface area (Å²) in [6.45, 7) is 0.513. The molecular weight excluding hydrogens is 291 g/mol. The van der Waals surface area contributed by atoms with Gasteiger partial charge in [-0.05, 0) is 47.9 Å². The molecule has 0 aromatic heterocycles. The number of halogens is 2. The second-order valence-corrected chi connectivity index (χ2v) is 5.43. The SMILES string of the molecule is O=C1CCc2cc(NCc3ccc(Cl)c(F)c3)ccc2N1. The Labute approximate surface area is 127 Å². The summed E-state index contributed by atoms with van der Waals surface area (Å²) >= 11 is 5.66. The van der Waals surface area contributed by atoms with Crippen LogP contribution in [0.5, 0.6) is 0 Å². The highest BCUT2D eigenvalue weighted by Crippen LogP contribution is 2.26. The zero-order valence-electron chi connectivity index (χ0n) is 11.2. The van der Waals surface area contributed by atoms with Crippen LogP contribution < -0.4 is 10.6 Å². The summed E-state index contributed by atoms with van der Waals surface area (Å²) in [4.78, 5) is 11.3. The van der Waals surface area contributed by atoms with Gasteiger partial charge in [-0.25, -0.2) is 4.39 Å². The zero-order valence-corrected chi connectivity index (χ0v) is 12.0. The molecule has 1 aliphatic heterocycles. The lowest BCUT2D eigenvalue weighted by Gasteiger charge is -2.18. The van der Waals surface area contributed by atoms with Crippen molar-refractivity contribution in [1.29, 1.82) is 0 Å². The molecule has 2 N–H and O–H groups in total. The standard InChI is InChI=1S/C16H14ClFN2O/c17-13-4-1-10(7-14(13)18)9-19-12-3-5-15-11(8-12)2-6-16(21)20-15/h1,3-5,7-8,19H,2,6,9H2,(H,20,21). The number of carbonyl (C=O) groups is 1. The lowest BCUT2D eigenvalue weighted by molar-refractivity contribution is -0.116. The van der Waals surface area contributed by atoms with E-state index in [0.717, 1.165) is 28.9 Å². The average molecular weight is 305 g/mol. The molecule has 0 spiro atoms. The third-order valence-corrected chi connectivity index (χ3v) is 3.79. The van der Waals surface area contributed by atoms with Crippen LogP contribution in [-0.4, -0.2) is 5.91 Å². The topological polar surface area (TPSA) is 41.1 Å². The number of rotatable bonds is 3. The van der Waals surface area contributed by atoms with Gasteiger partial charge in [-0.3, -0.25) is 4.79 Å². The molecule has 0 atom stereocenters. The predicted octanol–water partition coefficient (Wildman–Crippen LogP) is 3.98. The van der Waals surface area contributed by atoms with Crippen molar-refractivity contribution in [3.63, 3.8) is 0 Å². The number of benzene rings is 2. The maximum Gasteiger partial charge on any atom is 0.224 e. The summed E-state index contributed by atoms with van der Waals surface area (Å²) in [6, 6.07) is 10.6. The Balaban J connectivity index is 1.71. The molecule has 3 nitrogen and oxygen atoms in total. The smallest absolute Gasteiger partial charge is 0.224 e. The minimum Gasteiger partial charge on any atom is -0.381 e. The van der Waals surface area contributed by atoms with Crippen LogP contribution in [0.3, 0.4) is 0 Å². The molecule has 21 heavy (non-hydrogen) atoms. The van der Waals surface area contributed by atoms with Crippen molar-refractivity contribution in [3.05, 3.63) is 58.4 Å². The van der Waals surface area contributed by atoms with Crippen molar-refractivity contribution in [1.82, 2.24) is 0 Å². The van der Waals surface area contributed by atoms with Gasteiger partial charge in [0.1, 0.15) is 5.82 Å². The van der Waals surface area contributed by atoms with Crippen molar-refractivity contribution < 1.29 is 9.18 Å². The molecule has 0 saturated carbocycles. The Morgan fingerprint density at radius 1 is 1.19 bits per heavy atom. The van der Waals surface area contributed by atoms with Crippen molar-refractivity contribution in [2.75, 3.05) is 10.6 Å². The Hall–Kier alpha value is -2.07. The molecule has 5 heteroatoms. The maximum atomic E-state index is 13.4. The third-order valence-electron chi connectivity index (χ3n) is 3.48. The van der Waals surface area contributed by atoms with Gasteiger partial charge in [0, 0.05) is 24.3 Å². The van der Waals surface area contributed by atoms with Crippen LogP contribution >= 0.6 is 11.6 Å². The van der Waals surface area contributed by atoms with Gasteiger partial charge < -0.3 is 10.6 Å². The third kappa shape index (κ3) is 3.16. The Morgan fingerprint density at radius 3 is 2.86 bits per heavy atom. The van der Waals surface area contributed by atoms with Crippen molar-refractivity contribution in [2.45, 2.75) is 19.4 Å². The van der Waals surface area contributed by atoms with E-state index < -0.39 is 5.82 Å². The number of carbonyl (C=O) groups excluding carboxylic acids is 1. The first kappa shape index (κ1) is 13.9. The normalized spacial score (nSPS) is 13.5. The molecule has 0 aliphatic carbocycles. The molecule has 0 saturated heterocycles. The molecule has 0 fully saturated rings. The van der Waals surface area contributed by atoms with Gasteiger partial charge in [-0.1, -0.05) is 17.7 Å². The Morgan fingerprint density at radius 2 is 2.05 bits per heavy atom. The molecule has 0 bridgehead atoms. The van der Waals surface area contributed by atoms with Crippen LogP contribution in [0.2, 0.25) is 5.02 Å². The van der Waals surface area contributed by atoms with Crippen LogP contribution in [-0.2, 0) is 17.8 Å². The van der Waals surface area contributed by atoms with Crippen molar-refractivity contribution in [3.8, 4) is 0 Å². The van der Waals surface area contributed by atoms with Gasteiger partial charge >= 0.3 is 0 Å². The summed E-state index contributed by atoms with van der Waals surface area (Å²) in [7, 11) is 0. The van der Waals surface area contributed by atoms with Gasteiger partial charge in [0.15, 0.2) is 0 Å². The van der Waals surface area contributed by atoms with Crippen LogP contribution in [0.25, 0.3) is 0 Å². The molecule has 1 amide bonds. The van der Waals surface area contributed by atoms with Gasteiger partial charge in [-0.2, -0.15) is 0 Å². The number of hydrogen-bond acceptors (Lipinski definition) is 2. The fraction of sp³-hybridized carbons (Fsp3) is 0.188. The van der Waals surface area contributed by atoms with E-state index in [1.165, 1.54) is 6.07 Å². The van der Waals surface area contributed by atoms with E-state index in [4.69, 9.17) is 11.6 Å². The van der Waals surface area contributed by atoms with E-state index in [1.807, 2.05) is 18.2 Å². The van der Waals surface area contributed by atoms with Crippen LogP contribution in [0.1, 0.15) is 17.5 Å². The highest BCUT2D eigenvalue weighted by Gasteiger charge is 2.14.